The number of carbonyl (C=O) groups is 1. The second-order valence-corrected chi connectivity index (χ2v) is 10.5. The van der Waals surface area contributed by atoms with E-state index in [-0.39, 0.29) is 23.2 Å². The number of hydrogen-bond acceptors (Lipinski definition) is 8. The van der Waals surface area contributed by atoms with E-state index in [1.165, 1.54) is 23.3 Å². The van der Waals surface area contributed by atoms with Crippen molar-refractivity contribution >= 4 is 27.3 Å². The van der Waals surface area contributed by atoms with Crippen LogP contribution < -0.4 is 0 Å². The number of aromatic nitrogens is 2. The second kappa shape index (κ2) is 7.64. The Morgan fingerprint density at radius 2 is 2.00 bits per heavy atom. The van der Waals surface area contributed by atoms with E-state index in [0.717, 1.165) is 24.2 Å². The van der Waals surface area contributed by atoms with Crippen molar-refractivity contribution < 1.29 is 22.2 Å². The summed E-state index contributed by atoms with van der Waals surface area (Å²) in [6, 6.07) is 3.20. The molecule has 0 spiro atoms. The molecule has 9 nitrogen and oxygen atoms in total. The van der Waals surface area contributed by atoms with Crippen molar-refractivity contribution in [1.82, 2.24) is 19.3 Å². The first kappa shape index (κ1) is 19.5. The third-order valence-electron chi connectivity index (χ3n) is 5.62. The zero-order chi connectivity index (χ0) is 20.7. The molecule has 0 aromatic carbocycles. The summed E-state index contributed by atoms with van der Waals surface area (Å²) in [6.07, 6.45) is 6.12. The average Bonchev–Trinajstić information content (AvgIpc) is 3.47. The van der Waals surface area contributed by atoms with Gasteiger partial charge in [-0.2, -0.15) is 9.29 Å². The van der Waals surface area contributed by atoms with Gasteiger partial charge in [0.15, 0.2) is 0 Å². The maximum atomic E-state index is 13.1. The number of rotatable bonds is 5. The highest BCUT2D eigenvalue weighted by Gasteiger charge is 2.32. The van der Waals surface area contributed by atoms with Crippen molar-refractivity contribution in [3.05, 3.63) is 41.5 Å². The van der Waals surface area contributed by atoms with Gasteiger partial charge < -0.3 is 13.8 Å². The average molecular weight is 449 g/mol. The van der Waals surface area contributed by atoms with Crippen molar-refractivity contribution in [2.24, 2.45) is 0 Å². The molecule has 5 rings (SSSR count). The van der Waals surface area contributed by atoms with Crippen molar-refractivity contribution in [1.29, 1.82) is 0 Å². The Bertz CT molecular complexity index is 1140. The topological polar surface area (TPSA) is 110 Å². The van der Waals surface area contributed by atoms with Gasteiger partial charge in [0.25, 0.3) is 15.9 Å². The molecule has 11 heteroatoms. The number of sulfonamides is 1. The number of hydrogen-bond donors (Lipinski definition) is 0. The predicted molar refractivity (Wildman–Crippen MR) is 108 cm³/mol. The summed E-state index contributed by atoms with van der Waals surface area (Å²) in [5.74, 6) is 1.23. The summed E-state index contributed by atoms with van der Waals surface area (Å²) in [4.78, 5) is 18.5. The minimum absolute atomic E-state index is 0.154. The molecule has 2 fully saturated rings. The van der Waals surface area contributed by atoms with Crippen LogP contribution in [0.25, 0.3) is 11.4 Å². The van der Waals surface area contributed by atoms with Gasteiger partial charge in [-0.25, -0.2) is 8.42 Å². The molecule has 0 N–H and O–H groups in total. The van der Waals surface area contributed by atoms with Gasteiger partial charge in [-0.15, -0.1) is 11.3 Å². The molecule has 4 heterocycles. The Balaban J connectivity index is 1.27. The SMILES string of the molecule is O=C(c1ccoc1)N1CCN(S(=O)(=O)c2cc(-c3noc(C4CCC4)n3)cs2)CC1. The van der Waals surface area contributed by atoms with E-state index in [1.54, 1.807) is 22.4 Å². The normalized spacial score (nSPS) is 18.5. The van der Waals surface area contributed by atoms with Crippen LogP contribution in [0, 0.1) is 0 Å². The minimum atomic E-state index is -3.65. The van der Waals surface area contributed by atoms with E-state index in [9.17, 15) is 13.2 Å². The highest BCUT2D eigenvalue weighted by atomic mass is 32.2. The van der Waals surface area contributed by atoms with Crippen molar-refractivity contribution in [3.63, 3.8) is 0 Å². The van der Waals surface area contributed by atoms with Crippen molar-refractivity contribution in [3.8, 4) is 11.4 Å². The van der Waals surface area contributed by atoms with Gasteiger partial charge in [0, 0.05) is 43.0 Å². The molecule has 30 heavy (non-hydrogen) atoms. The summed E-state index contributed by atoms with van der Waals surface area (Å²) in [6.45, 7) is 1.15. The molecule has 0 unspecified atom stereocenters. The van der Waals surface area contributed by atoms with E-state index >= 15 is 0 Å². The number of carbonyl (C=O) groups excluding carboxylic acids is 1. The molecule has 2 aliphatic rings. The Morgan fingerprint density at radius 1 is 1.20 bits per heavy atom. The van der Waals surface area contributed by atoms with Crippen LogP contribution in [0.4, 0.5) is 0 Å². The molecule has 0 atom stereocenters. The van der Waals surface area contributed by atoms with Gasteiger partial charge in [0.1, 0.15) is 10.5 Å². The zero-order valence-corrected chi connectivity index (χ0v) is 17.7. The lowest BCUT2D eigenvalue weighted by molar-refractivity contribution is 0.0697. The number of amides is 1. The van der Waals surface area contributed by atoms with Gasteiger partial charge in [-0.05, 0) is 25.0 Å². The monoisotopic (exact) mass is 448 g/mol. The van der Waals surface area contributed by atoms with E-state index in [1.807, 2.05) is 0 Å². The second-order valence-electron chi connectivity index (χ2n) is 7.45. The summed E-state index contributed by atoms with van der Waals surface area (Å²) >= 11 is 1.14. The fourth-order valence-electron chi connectivity index (χ4n) is 3.57. The molecule has 1 saturated heterocycles. The predicted octanol–water partition coefficient (Wildman–Crippen LogP) is 2.81. The first-order valence-electron chi connectivity index (χ1n) is 9.76. The van der Waals surface area contributed by atoms with Crippen LogP contribution in [0.1, 0.15) is 41.4 Å². The van der Waals surface area contributed by atoms with Crippen LogP contribution in [0.15, 0.2) is 43.2 Å². The molecule has 3 aromatic rings. The van der Waals surface area contributed by atoms with E-state index in [0.29, 0.717) is 41.8 Å². The van der Waals surface area contributed by atoms with Crippen LogP contribution in [0.5, 0.6) is 0 Å². The standard InChI is InChI=1S/C19H20N4O5S2/c24-19(14-4-9-27-11-14)22-5-7-23(8-6-22)30(25,26)16-10-15(12-29-16)17-20-18(28-21-17)13-2-1-3-13/h4,9-13H,1-3,5-8H2. The molecule has 3 aromatic heterocycles. The maximum absolute atomic E-state index is 13.1. The molecule has 0 bridgehead atoms. The van der Waals surface area contributed by atoms with Crippen molar-refractivity contribution in [2.45, 2.75) is 29.4 Å². The zero-order valence-electron chi connectivity index (χ0n) is 16.1. The fourth-order valence-corrected chi connectivity index (χ4v) is 6.30. The van der Waals surface area contributed by atoms with Crippen LogP contribution in [-0.4, -0.2) is 59.8 Å². The lowest BCUT2D eigenvalue weighted by Gasteiger charge is -2.33. The highest BCUT2D eigenvalue weighted by molar-refractivity contribution is 7.91. The Kier molecular flexibility index (Phi) is 4.95. The van der Waals surface area contributed by atoms with E-state index in [2.05, 4.69) is 10.1 Å². The van der Waals surface area contributed by atoms with Gasteiger partial charge in [0.2, 0.25) is 11.7 Å². The highest BCUT2D eigenvalue weighted by Crippen LogP contribution is 2.37. The number of nitrogens with zero attached hydrogens (tertiary/aromatic N) is 4. The van der Waals surface area contributed by atoms with Gasteiger partial charge in [-0.3, -0.25) is 4.79 Å². The molecule has 1 saturated carbocycles. The molecular formula is C19H20N4O5S2. The number of piperazine rings is 1. The van der Waals surface area contributed by atoms with Crippen LogP contribution in [0.2, 0.25) is 0 Å². The third kappa shape index (κ3) is 3.46. The third-order valence-corrected chi connectivity index (χ3v) is 8.93. The largest absolute Gasteiger partial charge is 0.472 e. The maximum Gasteiger partial charge on any atom is 0.257 e. The summed E-state index contributed by atoms with van der Waals surface area (Å²) < 4.78 is 38.1. The van der Waals surface area contributed by atoms with Crippen molar-refractivity contribution in [2.75, 3.05) is 26.2 Å². The van der Waals surface area contributed by atoms with E-state index < -0.39 is 10.0 Å². The quantitative estimate of drug-likeness (QED) is 0.590. The molecule has 1 aliphatic carbocycles. The van der Waals surface area contributed by atoms with Gasteiger partial charge >= 0.3 is 0 Å². The van der Waals surface area contributed by atoms with Crippen LogP contribution in [-0.2, 0) is 10.0 Å². The summed E-state index contributed by atoms with van der Waals surface area (Å²) in [5.41, 5.74) is 1.11. The molecule has 0 radical (unpaired) electrons. The van der Waals surface area contributed by atoms with Crippen LogP contribution >= 0.6 is 11.3 Å². The smallest absolute Gasteiger partial charge is 0.257 e. The number of thiophene rings is 1. The van der Waals surface area contributed by atoms with Gasteiger partial charge in [-0.1, -0.05) is 11.6 Å². The first-order chi connectivity index (χ1) is 14.5. The molecule has 1 aliphatic heterocycles. The molecule has 158 valence electrons. The minimum Gasteiger partial charge on any atom is -0.472 e. The molecule has 1 amide bonds. The lowest BCUT2D eigenvalue weighted by atomic mass is 9.85. The number of furan rings is 1. The van der Waals surface area contributed by atoms with Gasteiger partial charge in [0.05, 0.1) is 11.8 Å². The first-order valence-corrected chi connectivity index (χ1v) is 12.1. The fraction of sp³-hybridized carbons (Fsp3) is 0.421. The molecular weight excluding hydrogens is 428 g/mol. The summed E-state index contributed by atoms with van der Waals surface area (Å²) in [7, 11) is -3.65. The van der Waals surface area contributed by atoms with Crippen LogP contribution in [0.3, 0.4) is 0 Å². The Morgan fingerprint density at radius 3 is 2.67 bits per heavy atom. The lowest BCUT2D eigenvalue weighted by Crippen LogP contribution is -2.50. The Hall–Kier alpha value is -2.50. The van der Waals surface area contributed by atoms with E-state index in [4.69, 9.17) is 8.94 Å². The summed E-state index contributed by atoms with van der Waals surface area (Å²) in [5, 5.41) is 5.75. The Labute approximate surface area is 177 Å².